The summed E-state index contributed by atoms with van der Waals surface area (Å²) in [5, 5.41) is 0. The maximum Gasteiger partial charge on any atom is 0.319 e. The molecule has 1 aliphatic carbocycles. The molecule has 0 aromatic carbocycles. The summed E-state index contributed by atoms with van der Waals surface area (Å²) in [6, 6.07) is 0. The fourth-order valence-corrected chi connectivity index (χ4v) is 1.72. The van der Waals surface area contributed by atoms with E-state index in [0.29, 0.717) is 5.92 Å². The zero-order valence-corrected chi connectivity index (χ0v) is 10.3. The second kappa shape index (κ2) is 8.72. The molecule has 0 aromatic heterocycles. The molecule has 2 N–H and O–H groups in total. The Labute approximate surface area is 93.4 Å². The van der Waals surface area contributed by atoms with Gasteiger partial charge in [-0.15, -0.1) is 0 Å². The Morgan fingerprint density at radius 3 is 2.47 bits per heavy atom. The molecular weight excluding hydrogens is 190 g/mol. The monoisotopic (exact) mass is 215 g/mol. The normalized spacial score (nSPS) is 25.1. The molecule has 0 amide bonds. The highest BCUT2D eigenvalue weighted by atomic mass is 16.5. The van der Waals surface area contributed by atoms with Gasteiger partial charge in [0.25, 0.3) is 0 Å². The minimum atomic E-state index is -0.269. The molecule has 1 rings (SSSR count). The van der Waals surface area contributed by atoms with Gasteiger partial charge in [-0.2, -0.15) is 0 Å². The van der Waals surface area contributed by atoms with Crippen LogP contribution >= 0.6 is 0 Å². The number of ether oxygens (including phenoxy) is 1. The first-order valence-corrected chi connectivity index (χ1v) is 6.03. The summed E-state index contributed by atoms with van der Waals surface area (Å²) in [5.41, 5.74) is 5.15. The number of rotatable bonds is 2. The predicted molar refractivity (Wildman–Crippen MR) is 62.5 cm³/mol. The standard InChI is InChI=1S/C9H17NO2.C3H8/c1-7-3-2-4-8(5-7)12-9(11)6-10;1-3-2/h7-8H,2-6,10H2,1H3;3H2,1-2H3. The minimum absolute atomic E-state index is 0.00484. The van der Waals surface area contributed by atoms with E-state index in [1.54, 1.807) is 0 Å². The molecule has 1 fully saturated rings. The van der Waals surface area contributed by atoms with Crippen LogP contribution in [0.3, 0.4) is 0 Å². The number of carbonyl (C=O) groups excluding carboxylic acids is 1. The predicted octanol–water partition coefficient (Wildman–Crippen LogP) is 2.48. The zero-order chi connectivity index (χ0) is 11.7. The lowest BCUT2D eigenvalue weighted by Gasteiger charge is -2.26. The van der Waals surface area contributed by atoms with Gasteiger partial charge >= 0.3 is 5.97 Å². The molecule has 1 saturated carbocycles. The molecule has 0 radical (unpaired) electrons. The van der Waals surface area contributed by atoms with Crippen molar-refractivity contribution in [3.05, 3.63) is 0 Å². The number of carbonyl (C=O) groups is 1. The topological polar surface area (TPSA) is 52.3 Å². The average molecular weight is 215 g/mol. The molecule has 0 heterocycles. The van der Waals surface area contributed by atoms with Crippen molar-refractivity contribution in [3.63, 3.8) is 0 Å². The fraction of sp³-hybridized carbons (Fsp3) is 0.917. The molecule has 0 spiro atoms. The highest BCUT2D eigenvalue weighted by molar-refractivity contribution is 5.71. The Morgan fingerprint density at radius 1 is 1.40 bits per heavy atom. The highest BCUT2D eigenvalue weighted by Crippen LogP contribution is 2.25. The van der Waals surface area contributed by atoms with Gasteiger partial charge in [-0.05, 0) is 25.2 Å². The largest absolute Gasteiger partial charge is 0.461 e. The van der Waals surface area contributed by atoms with Crippen molar-refractivity contribution in [2.24, 2.45) is 11.7 Å². The zero-order valence-electron chi connectivity index (χ0n) is 10.3. The Morgan fingerprint density at radius 2 is 2.00 bits per heavy atom. The van der Waals surface area contributed by atoms with Crippen molar-refractivity contribution in [2.75, 3.05) is 6.54 Å². The molecule has 0 aliphatic heterocycles. The number of nitrogens with two attached hydrogens (primary N) is 1. The third kappa shape index (κ3) is 7.37. The van der Waals surface area contributed by atoms with Gasteiger partial charge in [0.15, 0.2) is 0 Å². The Bertz CT molecular complexity index is 171. The maximum absolute atomic E-state index is 10.8. The number of esters is 1. The van der Waals surface area contributed by atoms with Crippen LogP contribution in [0.5, 0.6) is 0 Å². The summed E-state index contributed by atoms with van der Waals surface area (Å²) in [6.45, 7) is 6.45. The summed E-state index contributed by atoms with van der Waals surface area (Å²) in [4.78, 5) is 10.8. The molecule has 0 aromatic rings. The maximum atomic E-state index is 10.8. The smallest absolute Gasteiger partial charge is 0.319 e. The van der Waals surface area contributed by atoms with E-state index in [4.69, 9.17) is 10.5 Å². The lowest BCUT2D eigenvalue weighted by atomic mass is 9.89. The van der Waals surface area contributed by atoms with Crippen LogP contribution in [0, 0.1) is 5.92 Å². The van der Waals surface area contributed by atoms with Crippen molar-refractivity contribution >= 4 is 5.97 Å². The molecule has 1 aliphatic rings. The molecular formula is C12H25NO2. The molecule has 2 atom stereocenters. The van der Waals surface area contributed by atoms with E-state index in [0.717, 1.165) is 12.8 Å². The van der Waals surface area contributed by atoms with E-state index in [1.807, 2.05) is 0 Å². The summed E-state index contributed by atoms with van der Waals surface area (Å²) in [7, 11) is 0. The SMILES string of the molecule is CC1CCCC(OC(=O)CN)C1.CCC. The summed E-state index contributed by atoms with van der Waals surface area (Å²) < 4.78 is 5.15. The molecule has 3 nitrogen and oxygen atoms in total. The quantitative estimate of drug-likeness (QED) is 0.720. The molecule has 3 heteroatoms. The van der Waals surface area contributed by atoms with Gasteiger partial charge in [-0.1, -0.05) is 33.6 Å². The van der Waals surface area contributed by atoms with Crippen molar-refractivity contribution < 1.29 is 9.53 Å². The Balaban J connectivity index is 0.000000583. The second-order valence-corrected chi connectivity index (χ2v) is 4.29. The van der Waals surface area contributed by atoms with Crippen LogP contribution in [0.25, 0.3) is 0 Å². The third-order valence-electron chi connectivity index (χ3n) is 2.35. The van der Waals surface area contributed by atoms with Gasteiger partial charge in [0.1, 0.15) is 6.10 Å². The van der Waals surface area contributed by atoms with Crippen molar-refractivity contribution in [2.45, 2.75) is 59.0 Å². The van der Waals surface area contributed by atoms with Crippen LogP contribution in [0.15, 0.2) is 0 Å². The Kier molecular flexibility index (Phi) is 8.38. The van der Waals surface area contributed by atoms with Gasteiger partial charge in [-0.3, -0.25) is 4.79 Å². The first-order valence-electron chi connectivity index (χ1n) is 6.03. The molecule has 90 valence electrons. The first-order chi connectivity index (χ1) is 7.13. The minimum Gasteiger partial charge on any atom is -0.461 e. The van der Waals surface area contributed by atoms with Crippen LogP contribution in [0.4, 0.5) is 0 Å². The highest BCUT2D eigenvalue weighted by Gasteiger charge is 2.21. The Hall–Kier alpha value is -0.570. The molecule has 0 saturated heterocycles. The van der Waals surface area contributed by atoms with Crippen molar-refractivity contribution in [3.8, 4) is 0 Å². The lowest BCUT2D eigenvalue weighted by molar-refractivity contribution is -0.149. The molecule has 0 bridgehead atoms. The van der Waals surface area contributed by atoms with Gasteiger partial charge in [0, 0.05) is 0 Å². The molecule has 2 unspecified atom stereocenters. The summed E-state index contributed by atoms with van der Waals surface area (Å²) in [5.74, 6) is 0.420. The van der Waals surface area contributed by atoms with E-state index >= 15 is 0 Å². The van der Waals surface area contributed by atoms with E-state index in [1.165, 1.54) is 19.3 Å². The summed E-state index contributed by atoms with van der Waals surface area (Å²) >= 11 is 0. The third-order valence-corrected chi connectivity index (χ3v) is 2.35. The van der Waals surface area contributed by atoms with Crippen LogP contribution in [0.2, 0.25) is 0 Å². The first kappa shape index (κ1) is 14.4. The fourth-order valence-electron chi connectivity index (χ4n) is 1.72. The van der Waals surface area contributed by atoms with E-state index in [9.17, 15) is 4.79 Å². The van der Waals surface area contributed by atoms with E-state index in [-0.39, 0.29) is 18.6 Å². The van der Waals surface area contributed by atoms with Gasteiger partial charge in [0.2, 0.25) is 0 Å². The van der Waals surface area contributed by atoms with Crippen LogP contribution < -0.4 is 5.73 Å². The van der Waals surface area contributed by atoms with Crippen molar-refractivity contribution in [1.82, 2.24) is 0 Å². The van der Waals surface area contributed by atoms with Gasteiger partial charge < -0.3 is 10.5 Å². The average Bonchev–Trinajstić information content (AvgIpc) is 2.19. The number of hydrogen-bond donors (Lipinski definition) is 1. The van der Waals surface area contributed by atoms with Crippen LogP contribution in [-0.2, 0) is 9.53 Å². The second-order valence-electron chi connectivity index (χ2n) is 4.29. The number of hydrogen-bond acceptors (Lipinski definition) is 3. The van der Waals surface area contributed by atoms with Crippen molar-refractivity contribution in [1.29, 1.82) is 0 Å². The van der Waals surface area contributed by atoms with Gasteiger partial charge in [-0.25, -0.2) is 0 Å². The van der Waals surface area contributed by atoms with Gasteiger partial charge in [0.05, 0.1) is 6.54 Å². The summed E-state index contributed by atoms with van der Waals surface area (Å²) in [6.07, 6.45) is 5.83. The van der Waals surface area contributed by atoms with Crippen LogP contribution in [-0.4, -0.2) is 18.6 Å². The van der Waals surface area contributed by atoms with Crippen LogP contribution in [0.1, 0.15) is 52.9 Å². The van der Waals surface area contributed by atoms with E-state index in [2.05, 4.69) is 20.8 Å². The van der Waals surface area contributed by atoms with E-state index < -0.39 is 0 Å². The molecule has 15 heavy (non-hydrogen) atoms. The lowest BCUT2D eigenvalue weighted by Crippen LogP contribution is -2.27.